The van der Waals surface area contributed by atoms with Crippen LogP contribution in [0.4, 0.5) is 0 Å². The molecule has 0 amide bonds. The van der Waals surface area contributed by atoms with Crippen LogP contribution in [0.25, 0.3) is 0 Å². The van der Waals surface area contributed by atoms with Gasteiger partial charge in [0.2, 0.25) is 0 Å². The Morgan fingerprint density at radius 3 is 3.07 bits per heavy atom. The molecule has 0 saturated carbocycles. The second-order valence-electron chi connectivity index (χ2n) is 3.15. The quantitative estimate of drug-likeness (QED) is 0.466. The molecule has 14 heavy (non-hydrogen) atoms. The zero-order chi connectivity index (χ0) is 10.1. The smallest absolute Gasteiger partial charge is 0.341 e. The molecule has 0 spiro atoms. The van der Waals surface area contributed by atoms with E-state index in [0.29, 0.717) is 23.4 Å². The van der Waals surface area contributed by atoms with E-state index in [9.17, 15) is 4.79 Å². The van der Waals surface area contributed by atoms with Crippen molar-refractivity contribution < 1.29 is 14.3 Å². The second-order valence-corrected chi connectivity index (χ2v) is 3.15. The summed E-state index contributed by atoms with van der Waals surface area (Å²) in [6, 6.07) is 3.41. The molecule has 2 rings (SSSR count). The first-order valence-corrected chi connectivity index (χ1v) is 4.36. The zero-order valence-corrected chi connectivity index (χ0v) is 7.87. The van der Waals surface area contributed by atoms with Gasteiger partial charge in [0.25, 0.3) is 0 Å². The maximum absolute atomic E-state index is 11.4. The van der Waals surface area contributed by atoms with Crippen LogP contribution in [0.5, 0.6) is 5.75 Å². The minimum absolute atomic E-state index is 0.407. The van der Waals surface area contributed by atoms with Crippen molar-refractivity contribution in [2.24, 2.45) is 0 Å². The number of hydrogen-bond donors (Lipinski definition) is 0. The van der Waals surface area contributed by atoms with E-state index in [-0.39, 0.29) is 0 Å². The van der Waals surface area contributed by atoms with Crippen LogP contribution in [0.2, 0.25) is 0 Å². The SMILES string of the molecule is [B]c1cc2c(c(C(=O)OC)c1)OCC2. The number of fused-ring (bicyclic) bond motifs is 1. The largest absolute Gasteiger partial charge is 0.492 e. The summed E-state index contributed by atoms with van der Waals surface area (Å²) in [6.07, 6.45) is 0.796. The Morgan fingerprint density at radius 2 is 2.36 bits per heavy atom. The first-order chi connectivity index (χ1) is 6.72. The number of hydrogen-bond acceptors (Lipinski definition) is 3. The van der Waals surface area contributed by atoms with Crippen molar-refractivity contribution in [1.82, 2.24) is 0 Å². The van der Waals surface area contributed by atoms with Gasteiger partial charge >= 0.3 is 5.97 Å². The summed E-state index contributed by atoms with van der Waals surface area (Å²) in [5.41, 5.74) is 1.96. The van der Waals surface area contributed by atoms with Gasteiger partial charge in [-0.1, -0.05) is 17.6 Å². The zero-order valence-electron chi connectivity index (χ0n) is 7.87. The molecule has 0 aromatic heterocycles. The van der Waals surface area contributed by atoms with Gasteiger partial charge < -0.3 is 9.47 Å². The highest BCUT2D eigenvalue weighted by atomic mass is 16.5. The van der Waals surface area contributed by atoms with Crippen LogP contribution >= 0.6 is 0 Å². The van der Waals surface area contributed by atoms with Crippen molar-refractivity contribution in [2.45, 2.75) is 6.42 Å². The summed E-state index contributed by atoms with van der Waals surface area (Å²) >= 11 is 0. The number of benzene rings is 1. The third-order valence-electron chi connectivity index (χ3n) is 2.21. The summed E-state index contributed by atoms with van der Waals surface area (Å²) < 4.78 is 9.99. The lowest BCUT2D eigenvalue weighted by molar-refractivity contribution is 0.0597. The van der Waals surface area contributed by atoms with E-state index in [2.05, 4.69) is 4.74 Å². The Bertz CT molecular complexity index is 387. The fourth-order valence-electron chi connectivity index (χ4n) is 1.59. The van der Waals surface area contributed by atoms with Gasteiger partial charge in [-0.15, -0.1) is 0 Å². The normalized spacial score (nSPS) is 13.2. The number of carbonyl (C=O) groups is 1. The molecule has 0 bridgehead atoms. The molecular weight excluding hydrogens is 179 g/mol. The van der Waals surface area contributed by atoms with Crippen molar-refractivity contribution in [3.63, 3.8) is 0 Å². The molecule has 0 unspecified atom stereocenters. The molecular formula is C10H9BO3. The van der Waals surface area contributed by atoms with Gasteiger partial charge in [-0.3, -0.25) is 0 Å². The fourth-order valence-corrected chi connectivity index (χ4v) is 1.59. The third kappa shape index (κ3) is 1.37. The molecule has 1 aromatic rings. The van der Waals surface area contributed by atoms with Crippen LogP contribution in [-0.2, 0) is 11.2 Å². The molecule has 0 saturated heterocycles. The van der Waals surface area contributed by atoms with E-state index in [1.54, 1.807) is 6.07 Å². The average Bonchev–Trinajstić information content (AvgIpc) is 2.62. The lowest BCUT2D eigenvalue weighted by atomic mass is 9.91. The Kier molecular flexibility index (Phi) is 2.19. The molecule has 4 heteroatoms. The molecule has 3 nitrogen and oxygen atoms in total. The van der Waals surface area contributed by atoms with E-state index >= 15 is 0 Å². The molecule has 0 aliphatic carbocycles. The van der Waals surface area contributed by atoms with Gasteiger partial charge in [0.15, 0.2) is 0 Å². The van der Waals surface area contributed by atoms with E-state index < -0.39 is 5.97 Å². The molecule has 1 heterocycles. The molecule has 2 radical (unpaired) electrons. The van der Waals surface area contributed by atoms with Crippen molar-refractivity contribution >= 4 is 19.3 Å². The number of esters is 1. The van der Waals surface area contributed by atoms with Crippen molar-refractivity contribution in [2.75, 3.05) is 13.7 Å². The van der Waals surface area contributed by atoms with Gasteiger partial charge in [0, 0.05) is 6.42 Å². The van der Waals surface area contributed by atoms with E-state index in [0.717, 1.165) is 12.0 Å². The van der Waals surface area contributed by atoms with Crippen LogP contribution in [-0.4, -0.2) is 27.5 Å². The summed E-state index contributed by atoms with van der Waals surface area (Å²) in [4.78, 5) is 11.4. The Balaban J connectivity index is 2.54. The van der Waals surface area contributed by atoms with E-state index in [1.165, 1.54) is 7.11 Å². The van der Waals surface area contributed by atoms with Gasteiger partial charge in [0.1, 0.15) is 19.2 Å². The minimum atomic E-state index is -0.407. The van der Waals surface area contributed by atoms with E-state index in [1.807, 2.05) is 6.07 Å². The predicted octanol–water partition coefficient (Wildman–Crippen LogP) is 0.202. The van der Waals surface area contributed by atoms with Crippen LogP contribution in [0.1, 0.15) is 15.9 Å². The maximum Gasteiger partial charge on any atom is 0.341 e. The topological polar surface area (TPSA) is 35.5 Å². The molecule has 1 aliphatic rings. The third-order valence-corrected chi connectivity index (χ3v) is 2.21. The Labute approximate surface area is 83.4 Å². The highest BCUT2D eigenvalue weighted by Gasteiger charge is 2.21. The number of carbonyl (C=O) groups excluding carboxylic acids is 1. The number of rotatable bonds is 1. The number of methoxy groups -OCH3 is 1. The summed E-state index contributed by atoms with van der Waals surface area (Å²) in [5, 5.41) is 0. The second kappa shape index (κ2) is 3.37. The molecule has 0 N–H and O–H groups in total. The highest BCUT2D eigenvalue weighted by molar-refractivity contribution is 6.33. The van der Waals surface area contributed by atoms with Crippen LogP contribution in [0.3, 0.4) is 0 Å². The van der Waals surface area contributed by atoms with Gasteiger partial charge in [-0.25, -0.2) is 4.79 Å². The van der Waals surface area contributed by atoms with Gasteiger partial charge in [0.05, 0.1) is 13.7 Å². The predicted molar refractivity (Wildman–Crippen MR) is 52.4 cm³/mol. The van der Waals surface area contributed by atoms with Gasteiger partial charge in [-0.05, 0) is 5.56 Å². The monoisotopic (exact) mass is 188 g/mol. The summed E-state index contributed by atoms with van der Waals surface area (Å²) in [5.74, 6) is 0.210. The standard InChI is InChI=1S/C10H9BO3/c1-13-10(12)8-5-7(11)4-6-2-3-14-9(6)8/h4-5H,2-3H2,1H3. The van der Waals surface area contributed by atoms with Crippen LogP contribution < -0.4 is 10.2 Å². The molecule has 0 atom stereocenters. The number of ether oxygens (including phenoxy) is 2. The lowest BCUT2D eigenvalue weighted by Gasteiger charge is -2.07. The molecule has 1 aromatic carbocycles. The molecule has 1 aliphatic heterocycles. The maximum atomic E-state index is 11.4. The Hall–Kier alpha value is -1.45. The van der Waals surface area contributed by atoms with E-state index in [4.69, 9.17) is 12.6 Å². The van der Waals surface area contributed by atoms with Gasteiger partial charge in [-0.2, -0.15) is 0 Å². The summed E-state index contributed by atoms with van der Waals surface area (Å²) in [6.45, 7) is 0.600. The summed E-state index contributed by atoms with van der Waals surface area (Å²) in [7, 11) is 7.00. The molecule has 0 fully saturated rings. The first kappa shape index (κ1) is 9.12. The van der Waals surface area contributed by atoms with Crippen molar-refractivity contribution in [3.05, 3.63) is 23.3 Å². The van der Waals surface area contributed by atoms with Crippen LogP contribution in [0.15, 0.2) is 12.1 Å². The van der Waals surface area contributed by atoms with Crippen LogP contribution in [0, 0.1) is 0 Å². The Morgan fingerprint density at radius 1 is 1.57 bits per heavy atom. The first-order valence-electron chi connectivity index (χ1n) is 4.36. The van der Waals surface area contributed by atoms with Crippen molar-refractivity contribution in [3.8, 4) is 5.75 Å². The van der Waals surface area contributed by atoms with Crippen molar-refractivity contribution in [1.29, 1.82) is 0 Å². The minimum Gasteiger partial charge on any atom is -0.492 e. The fraction of sp³-hybridized carbons (Fsp3) is 0.300. The molecule has 70 valence electrons. The lowest BCUT2D eigenvalue weighted by Crippen LogP contribution is -2.10. The average molecular weight is 188 g/mol. The highest BCUT2D eigenvalue weighted by Crippen LogP contribution is 2.28.